The number of carboxylic acids is 1. The Kier molecular flexibility index (Phi) is 5.49. The average Bonchev–Trinajstić information content (AvgIpc) is 2.35. The van der Waals surface area contributed by atoms with Crippen molar-refractivity contribution < 1.29 is 23.2 Å². The first-order valence-electron chi connectivity index (χ1n) is 6.14. The second-order valence-corrected chi connectivity index (χ2v) is 7.34. The molecular weight excluding hydrogens is 336 g/mol. The molecule has 22 heavy (non-hydrogen) atoms. The largest absolute Gasteiger partial charge is 0.481 e. The average molecular weight is 351 g/mol. The van der Waals surface area contributed by atoms with Crippen molar-refractivity contribution >= 4 is 33.3 Å². The normalized spacial score (nSPS) is 12.1. The number of aliphatic carboxylic acids is 1. The van der Waals surface area contributed by atoms with Crippen LogP contribution in [0.15, 0.2) is 23.1 Å². The molecule has 0 bridgehead atoms. The molecule has 0 radical (unpaired) electrons. The summed E-state index contributed by atoms with van der Waals surface area (Å²) in [7, 11) is -4.23. The molecule has 0 unspecified atom stereocenters. The summed E-state index contributed by atoms with van der Waals surface area (Å²) in [5.74, 6) is -1.07. The Morgan fingerprint density at radius 1 is 1.45 bits per heavy atom. The number of hydrogen-bond donors (Lipinski definition) is 2. The number of rotatable bonds is 7. The SMILES string of the molecule is CC(C)(CCC(=O)O)NS(=O)(=O)c1cc(Cl)ccc1[N+](=O)[O-]. The highest BCUT2D eigenvalue weighted by Gasteiger charge is 2.32. The van der Waals surface area contributed by atoms with E-state index in [1.165, 1.54) is 19.9 Å². The van der Waals surface area contributed by atoms with E-state index in [1.54, 1.807) is 0 Å². The Morgan fingerprint density at radius 3 is 2.55 bits per heavy atom. The lowest BCUT2D eigenvalue weighted by atomic mass is 10.0. The van der Waals surface area contributed by atoms with Gasteiger partial charge in [0.1, 0.15) is 0 Å². The van der Waals surface area contributed by atoms with Crippen molar-refractivity contribution in [3.8, 4) is 0 Å². The van der Waals surface area contributed by atoms with E-state index in [2.05, 4.69) is 4.72 Å². The van der Waals surface area contributed by atoms with E-state index in [-0.39, 0.29) is 17.9 Å². The van der Waals surface area contributed by atoms with E-state index in [4.69, 9.17) is 16.7 Å². The van der Waals surface area contributed by atoms with Gasteiger partial charge in [-0.05, 0) is 32.4 Å². The van der Waals surface area contributed by atoms with Gasteiger partial charge in [0.2, 0.25) is 10.0 Å². The van der Waals surface area contributed by atoms with Crippen LogP contribution < -0.4 is 4.72 Å². The molecule has 1 aromatic carbocycles. The molecule has 1 aromatic rings. The fourth-order valence-corrected chi connectivity index (χ4v) is 3.62. The zero-order chi connectivity index (χ0) is 17.1. The number of nitrogens with zero attached hydrogens (tertiary/aromatic N) is 1. The molecule has 1 rings (SSSR count). The molecule has 0 saturated carbocycles. The summed E-state index contributed by atoms with van der Waals surface area (Å²) in [6.07, 6.45) is -0.219. The predicted molar refractivity (Wildman–Crippen MR) is 79.4 cm³/mol. The molecule has 0 saturated heterocycles. The van der Waals surface area contributed by atoms with Crippen LogP contribution in [0, 0.1) is 10.1 Å². The predicted octanol–water partition coefficient (Wildman–Crippen LogP) is 2.17. The second kappa shape index (κ2) is 6.59. The minimum atomic E-state index is -4.23. The van der Waals surface area contributed by atoms with Gasteiger partial charge in [0.15, 0.2) is 4.90 Å². The number of nitro groups is 1. The van der Waals surface area contributed by atoms with Crippen LogP contribution in [0.5, 0.6) is 0 Å². The summed E-state index contributed by atoms with van der Waals surface area (Å²) in [6, 6.07) is 3.20. The Balaban J connectivity index is 3.17. The zero-order valence-corrected chi connectivity index (χ0v) is 13.4. The summed E-state index contributed by atoms with van der Waals surface area (Å²) in [4.78, 5) is 20.2. The van der Waals surface area contributed by atoms with Gasteiger partial charge in [-0.25, -0.2) is 13.1 Å². The van der Waals surface area contributed by atoms with Crippen LogP contribution in [-0.4, -0.2) is 30.0 Å². The highest BCUT2D eigenvalue weighted by molar-refractivity contribution is 7.89. The quantitative estimate of drug-likeness (QED) is 0.573. The van der Waals surface area contributed by atoms with Crippen molar-refractivity contribution in [3.05, 3.63) is 33.3 Å². The molecule has 122 valence electrons. The van der Waals surface area contributed by atoms with Crippen LogP contribution in [0.1, 0.15) is 26.7 Å². The number of hydrogen-bond acceptors (Lipinski definition) is 5. The second-order valence-electron chi connectivity index (χ2n) is 5.25. The summed E-state index contributed by atoms with van der Waals surface area (Å²) in [6.45, 7) is 2.98. The molecule has 8 nitrogen and oxygen atoms in total. The van der Waals surface area contributed by atoms with Gasteiger partial charge in [0.05, 0.1) is 4.92 Å². The van der Waals surface area contributed by atoms with Crippen LogP contribution in [0.3, 0.4) is 0 Å². The fourth-order valence-electron chi connectivity index (χ4n) is 1.74. The van der Waals surface area contributed by atoms with Crippen molar-refractivity contribution in [2.75, 3.05) is 0 Å². The third-order valence-corrected chi connectivity index (χ3v) is 4.75. The van der Waals surface area contributed by atoms with Crippen molar-refractivity contribution in [1.82, 2.24) is 4.72 Å². The van der Waals surface area contributed by atoms with Crippen LogP contribution in [0.25, 0.3) is 0 Å². The Bertz CT molecular complexity index is 702. The van der Waals surface area contributed by atoms with E-state index in [9.17, 15) is 23.3 Å². The molecule has 0 spiro atoms. The van der Waals surface area contributed by atoms with Crippen molar-refractivity contribution in [3.63, 3.8) is 0 Å². The standard InChI is InChI=1S/C12H15ClN2O6S/c1-12(2,6-5-11(16)17)14-22(20,21)10-7-8(13)3-4-9(10)15(18)19/h3-4,7,14H,5-6H2,1-2H3,(H,16,17). The third kappa shape index (κ3) is 4.93. The molecule has 0 aliphatic rings. The van der Waals surface area contributed by atoms with Crippen molar-refractivity contribution in [1.29, 1.82) is 0 Å². The first-order chi connectivity index (χ1) is 9.94. The maximum Gasteiger partial charge on any atom is 0.303 e. The molecule has 0 aromatic heterocycles. The van der Waals surface area contributed by atoms with Gasteiger partial charge in [0, 0.05) is 23.0 Å². The van der Waals surface area contributed by atoms with E-state index in [1.807, 2.05) is 0 Å². The first-order valence-corrected chi connectivity index (χ1v) is 8.00. The Morgan fingerprint density at radius 2 is 2.05 bits per heavy atom. The third-order valence-electron chi connectivity index (χ3n) is 2.78. The number of benzene rings is 1. The monoisotopic (exact) mass is 350 g/mol. The van der Waals surface area contributed by atoms with Crippen LogP contribution in [0.2, 0.25) is 5.02 Å². The van der Waals surface area contributed by atoms with Gasteiger partial charge >= 0.3 is 5.97 Å². The lowest BCUT2D eigenvalue weighted by Crippen LogP contribution is -2.43. The van der Waals surface area contributed by atoms with E-state index >= 15 is 0 Å². The van der Waals surface area contributed by atoms with E-state index in [0.29, 0.717) is 0 Å². The first kappa shape index (κ1) is 18.3. The number of carboxylic acid groups (broad SMARTS) is 1. The fraction of sp³-hybridized carbons (Fsp3) is 0.417. The van der Waals surface area contributed by atoms with E-state index < -0.39 is 37.0 Å². The Hall–Kier alpha value is -1.71. The van der Waals surface area contributed by atoms with Crippen LogP contribution in [0.4, 0.5) is 5.69 Å². The van der Waals surface area contributed by atoms with E-state index in [0.717, 1.165) is 12.1 Å². The molecule has 0 aliphatic carbocycles. The van der Waals surface area contributed by atoms with Gasteiger partial charge in [-0.15, -0.1) is 0 Å². The van der Waals surface area contributed by atoms with Crippen molar-refractivity contribution in [2.45, 2.75) is 37.1 Å². The smallest absolute Gasteiger partial charge is 0.303 e. The summed E-state index contributed by atoms with van der Waals surface area (Å²) < 4.78 is 27.0. The highest BCUT2D eigenvalue weighted by atomic mass is 35.5. The number of sulfonamides is 1. The molecule has 0 amide bonds. The minimum absolute atomic E-state index is 0.0237. The minimum Gasteiger partial charge on any atom is -0.481 e. The molecule has 0 aliphatic heterocycles. The summed E-state index contributed by atoms with van der Waals surface area (Å²) >= 11 is 5.71. The van der Waals surface area contributed by atoms with Crippen molar-refractivity contribution in [2.24, 2.45) is 0 Å². The summed E-state index contributed by atoms with van der Waals surface area (Å²) in [5, 5.41) is 19.7. The lowest BCUT2D eigenvalue weighted by Gasteiger charge is -2.25. The maximum atomic E-state index is 12.3. The number of carbonyl (C=O) groups is 1. The number of nitrogens with one attached hydrogen (secondary N) is 1. The molecular formula is C12H15ClN2O6S. The zero-order valence-electron chi connectivity index (χ0n) is 11.9. The molecule has 0 heterocycles. The number of nitro benzene ring substituents is 1. The van der Waals surface area contributed by atoms with Gasteiger partial charge in [-0.3, -0.25) is 14.9 Å². The van der Waals surface area contributed by atoms with Gasteiger partial charge < -0.3 is 5.11 Å². The molecule has 0 fully saturated rings. The van der Waals surface area contributed by atoms with Gasteiger partial charge in [-0.2, -0.15) is 0 Å². The Labute approximate surface area is 132 Å². The topological polar surface area (TPSA) is 127 Å². The van der Waals surface area contributed by atoms with Crippen LogP contribution in [-0.2, 0) is 14.8 Å². The molecule has 2 N–H and O–H groups in total. The van der Waals surface area contributed by atoms with Crippen LogP contribution >= 0.6 is 11.6 Å². The van der Waals surface area contributed by atoms with Gasteiger partial charge in [0.25, 0.3) is 5.69 Å². The highest BCUT2D eigenvalue weighted by Crippen LogP contribution is 2.28. The summed E-state index contributed by atoms with van der Waals surface area (Å²) in [5.41, 5.74) is -1.70. The number of halogens is 1. The molecule has 10 heteroatoms. The maximum absolute atomic E-state index is 12.3. The molecule has 0 atom stereocenters. The lowest BCUT2D eigenvalue weighted by molar-refractivity contribution is -0.387. The van der Waals surface area contributed by atoms with Gasteiger partial charge in [-0.1, -0.05) is 11.6 Å².